The summed E-state index contributed by atoms with van der Waals surface area (Å²) in [5.74, 6) is 0.0163. The topological polar surface area (TPSA) is 101 Å². The molecule has 116 valence electrons. The molecule has 0 spiro atoms. The number of nitrogens with one attached hydrogen (secondary N) is 2. The van der Waals surface area contributed by atoms with Gasteiger partial charge in [0, 0.05) is 17.7 Å². The van der Waals surface area contributed by atoms with E-state index in [1.807, 2.05) is 0 Å². The van der Waals surface area contributed by atoms with Gasteiger partial charge in [0.05, 0.1) is 16.4 Å². The number of anilines is 1. The minimum Gasteiger partial charge on any atom is -0.313 e. The number of sulfonamides is 1. The molecule has 7 nitrogen and oxygen atoms in total. The van der Waals surface area contributed by atoms with E-state index in [9.17, 15) is 18.5 Å². The number of nitro groups is 1. The van der Waals surface area contributed by atoms with Crippen LogP contribution in [0.5, 0.6) is 0 Å². The van der Waals surface area contributed by atoms with E-state index in [0.717, 1.165) is 19.4 Å². The molecule has 21 heavy (non-hydrogen) atoms. The summed E-state index contributed by atoms with van der Waals surface area (Å²) in [7, 11) is -3.47. The third-order valence-electron chi connectivity index (χ3n) is 3.59. The number of rotatable bonds is 5. The molecule has 1 heterocycles. The van der Waals surface area contributed by atoms with Crippen molar-refractivity contribution in [3.8, 4) is 0 Å². The van der Waals surface area contributed by atoms with Gasteiger partial charge in [-0.05, 0) is 44.9 Å². The van der Waals surface area contributed by atoms with Crippen molar-refractivity contribution >= 4 is 21.4 Å². The highest BCUT2D eigenvalue weighted by Gasteiger charge is 2.23. The van der Waals surface area contributed by atoms with E-state index in [1.165, 1.54) is 12.1 Å². The van der Waals surface area contributed by atoms with E-state index in [-0.39, 0.29) is 17.5 Å². The van der Waals surface area contributed by atoms with Crippen molar-refractivity contribution in [2.45, 2.75) is 32.7 Å². The van der Waals surface area contributed by atoms with Crippen LogP contribution < -0.4 is 10.0 Å². The molecule has 1 unspecified atom stereocenters. The van der Waals surface area contributed by atoms with Crippen LogP contribution in [-0.4, -0.2) is 31.7 Å². The van der Waals surface area contributed by atoms with Crippen molar-refractivity contribution in [2.75, 3.05) is 17.0 Å². The van der Waals surface area contributed by atoms with Crippen LogP contribution >= 0.6 is 0 Å². The van der Waals surface area contributed by atoms with Gasteiger partial charge in [0.2, 0.25) is 10.0 Å². The van der Waals surface area contributed by atoms with Crippen LogP contribution in [0.2, 0.25) is 0 Å². The maximum absolute atomic E-state index is 12.2. The Balaban J connectivity index is 2.18. The number of nitro benzene ring substituents is 1. The molecule has 2 rings (SSSR count). The summed E-state index contributed by atoms with van der Waals surface area (Å²) < 4.78 is 26.8. The Labute approximate surface area is 123 Å². The second kappa shape index (κ2) is 5.98. The standard InChI is InChI=1S/C13H19N3O4S/c1-9-7-13(16(17)18)10(2)6-12(9)15-21(19,20)8-11-4-3-5-14-11/h6-7,11,14-15H,3-5,8H2,1-2H3. The molecular weight excluding hydrogens is 294 g/mol. The van der Waals surface area contributed by atoms with Gasteiger partial charge in [-0.3, -0.25) is 14.8 Å². The van der Waals surface area contributed by atoms with Gasteiger partial charge in [-0.15, -0.1) is 0 Å². The summed E-state index contributed by atoms with van der Waals surface area (Å²) in [6.07, 6.45) is 1.83. The lowest BCUT2D eigenvalue weighted by atomic mass is 10.1. The molecule has 0 saturated carbocycles. The first kappa shape index (κ1) is 15.7. The average molecular weight is 313 g/mol. The second-order valence-electron chi connectivity index (χ2n) is 5.39. The fourth-order valence-electron chi connectivity index (χ4n) is 2.48. The van der Waals surface area contributed by atoms with Crippen LogP contribution in [0.15, 0.2) is 12.1 Å². The normalized spacial score (nSPS) is 18.7. The van der Waals surface area contributed by atoms with Crippen LogP contribution in [0.1, 0.15) is 24.0 Å². The first-order valence-corrected chi connectivity index (χ1v) is 8.43. The number of aryl methyl sites for hydroxylation is 2. The van der Waals surface area contributed by atoms with Crippen LogP contribution in [-0.2, 0) is 10.0 Å². The van der Waals surface area contributed by atoms with Crippen LogP contribution in [0.3, 0.4) is 0 Å². The van der Waals surface area contributed by atoms with Crippen molar-refractivity contribution in [1.29, 1.82) is 0 Å². The monoisotopic (exact) mass is 313 g/mol. The smallest absolute Gasteiger partial charge is 0.272 e. The molecule has 0 aliphatic carbocycles. The molecule has 0 bridgehead atoms. The van der Waals surface area contributed by atoms with Gasteiger partial charge in [0.1, 0.15) is 0 Å². The summed E-state index contributed by atoms with van der Waals surface area (Å²) in [4.78, 5) is 10.4. The molecule has 2 N–H and O–H groups in total. The SMILES string of the molecule is Cc1cc([N+](=O)[O-])c(C)cc1NS(=O)(=O)CC1CCCN1. The maximum Gasteiger partial charge on any atom is 0.272 e. The summed E-state index contributed by atoms with van der Waals surface area (Å²) in [5.41, 5.74) is 1.36. The van der Waals surface area contributed by atoms with E-state index in [4.69, 9.17) is 0 Å². The molecule has 1 aromatic rings. The molecule has 0 radical (unpaired) electrons. The molecule has 0 amide bonds. The second-order valence-corrected chi connectivity index (χ2v) is 7.15. The van der Waals surface area contributed by atoms with Gasteiger partial charge >= 0.3 is 0 Å². The molecule has 1 saturated heterocycles. The first-order chi connectivity index (χ1) is 9.78. The number of hydrogen-bond acceptors (Lipinski definition) is 5. The lowest BCUT2D eigenvalue weighted by molar-refractivity contribution is -0.385. The Morgan fingerprint density at radius 2 is 2.10 bits per heavy atom. The average Bonchev–Trinajstić information content (AvgIpc) is 2.84. The van der Waals surface area contributed by atoms with Crippen LogP contribution in [0.4, 0.5) is 11.4 Å². The predicted octanol–water partition coefficient (Wildman–Crippen LogP) is 1.71. The highest BCUT2D eigenvalue weighted by atomic mass is 32.2. The Morgan fingerprint density at radius 3 is 2.67 bits per heavy atom. The van der Waals surface area contributed by atoms with Crippen molar-refractivity contribution in [3.05, 3.63) is 33.4 Å². The fourth-order valence-corrected chi connectivity index (χ4v) is 3.93. The fraction of sp³-hybridized carbons (Fsp3) is 0.538. The van der Waals surface area contributed by atoms with Gasteiger partial charge in [-0.2, -0.15) is 0 Å². The first-order valence-electron chi connectivity index (χ1n) is 6.78. The zero-order valence-electron chi connectivity index (χ0n) is 12.0. The van der Waals surface area contributed by atoms with Crippen LogP contribution in [0, 0.1) is 24.0 Å². The largest absolute Gasteiger partial charge is 0.313 e. The van der Waals surface area contributed by atoms with E-state index < -0.39 is 14.9 Å². The van der Waals surface area contributed by atoms with E-state index >= 15 is 0 Å². The quantitative estimate of drug-likeness (QED) is 0.636. The number of nitrogens with zero attached hydrogens (tertiary/aromatic N) is 1. The molecule has 1 atom stereocenters. The third kappa shape index (κ3) is 3.92. The zero-order valence-corrected chi connectivity index (χ0v) is 12.9. The van der Waals surface area contributed by atoms with Crippen molar-refractivity contribution in [3.63, 3.8) is 0 Å². The van der Waals surface area contributed by atoms with E-state index in [2.05, 4.69) is 10.0 Å². The van der Waals surface area contributed by atoms with Gasteiger partial charge in [-0.1, -0.05) is 0 Å². The Bertz CT molecular complexity index is 652. The van der Waals surface area contributed by atoms with E-state index in [0.29, 0.717) is 16.8 Å². The highest BCUT2D eigenvalue weighted by molar-refractivity contribution is 7.92. The molecular formula is C13H19N3O4S. The summed E-state index contributed by atoms with van der Waals surface area (Å²) in [5, 5.41) is 14.0. The van der Waals surface area contributed by atoms with Crippen molar-refractivity contribution in [1.82, 2.24) is 5.32 Å². The Hall–Kier alpha value is -1.67. The molecule has 0 aromatic heterocycles. The molecule has 1 aliphatic rings. The molecule has 1 fully saturated rings. The van der Waals surface area contributed by atoms with E-state index in [1.54, 1.807) is 13.8 Å². The Morgan fingerprint density at radius 1 is 1.38 bits per heavy atom. The van der Waals surface area contributed by atoms with Crippen molar-refractivity contribution < 1.29 is 13.3 Å². The van der Waals surface area contributed by atoms with Gasteiger partial charge in [0.25, 0.3) is 5.69 Å². The summed E-state index contributed by atoms with van der Waals surface area (Å²) in [6, 6.07) is 2.87. The number of benzene rings is 1. The molecule has 8 heteroatoms. The summed E-state index contributed by atoms with van der Waals surface area (Å²) >= 11 is 0. The van der Waals surface area contributed by atoms with Gasteiger partial charge < -0.3 is 5.32 Å². The third-order valence-corrected chi connectivity index (χ3v) is 4.96. The minimum absolute atomic E-state index is 0.00657. The van der Waals surface area contributed by atoms with Crippen molar-refractivity contribution in [2.24, 2.45) is 0 Å². The molecule has 1 aromatic carbocycles. The predicted molar refractivity (Wildman–Crippen MR) is 81.0 cm³/mol. The molecule has 1 aliphatic heterocycles. The summed E-state index contributed by atoms with van der Waals surface area (Å²) in [6.45, 7) is 4.09. The minimum atomic E-state index is -3.47. The maximum atomic E-state index is 12.2. The highest BCUT2D eigenvalue weighted by Crippen LogP contribution is 2.26. The van der Waals surface area contributed by atoms with Gasteiger partial charge in [-0.25, -0.2) is 8.42 Å². The zero-order chi connectivity index (χ0) is 15.6. The lowest BCUT2D eigenvalue weighted by Gasteiger charge is -2.14. The Kier molecular flexibility index (Phi) is 4.48. The van der Waals surface area contributed by atoms with Crippen LogP contribution in [0.25, 0.3) is 0 Å². The van der Waals surface area contributed by atoms with Gasteiger partial charge in [0.15, 0.2) is 0 Å². The lowest BCUT2D eigenvalue weighted by Crippen LogP contribution is -2.33. The number of hydrogen-bond donors (Lipinski definition) is 2.